The molecule has 0 fully saturated rings. The smallest absolute Gasteiger partial charge is 0.321 e. The van der Waals surface area contributed by atoms with Crippen LogP contribution in [0.2, 0.25) is 0 Å². The molecule has 0 aliphatic carbocycles. The Bertz CT molecular complexity index is 4690. The number of pyridine rings is 6. The van der Waals surface area contributed by atoms with Gasteiger partial charge in [-0.25, -0.2) is 38.1 Å². The van der Waals surface area contributed by atoms with E-state index >= 15 is 0 Å². The van der Waals surface area contributed by atoms with Crippen LogP contribution in [0.25, 0.3) is 100 Å². The Kier molecular flexibility index (Phi) is 20.7. The summed E-state index contributed by atoms with van der Waals surface area (Å²) in [4.78, 5) is 84.6. The van der Waals surface area contributed by atoms with Crippen molar-refractivity contribution in [1.82, 2.24) is 75.8 Å². The van der Waals surface area contributed by atoms with Gasteiger partial charge in [0.25, 0.3) is 0 Å². The minimum Gasteiger partial charge on any atom is -0.494 e. The number of carbonyl (C=O) groups excluding carboxylic acids is 3. The van der Waals surface area contributed by atoms with E-state index < -0.39 is 35.4 Å². The topological polar surface area (TPSA) is 346 Å². The van der Waals surface area contributed by atoms with E-state index in [1.165, 1.54) is 36.7 Å². The number of aliphatic hydroxyl groups excluding tert-OH is 1. The first kappa shape index (κ1) is 66.2. The number of nitrogens with one attached hydrogen (secondary N) is 9. The van der Waals surface area contributed by atoms with Gasteiger partial charge >= 0.3 is 18.1 Å². The molecule has 6 amide bonds. The number of anilines is 3. The van der Waals surface area contributed by atoms with E-state index in [0.717, 1.165) is 50.2 Å². The van der Waals surface area contributed by atoms with E-state index in [0.29, 0.717) is 93.7 Å². The second-order valence-electron chi connectivity index (χ2n) is 21.8. The molecule has 12 rings (SSSR count). The number of aromatic amines is 3. The summed E-state index contributed by atoms with van der Waals surface area (Å²) in [5.74, 6) is 0.468. The highest BCUT2D eigenvalue weighted by atomic mass is 19.1. The van der Waals surface area contributed by atoms with Crippen molar-refractivity contribution >= 4 is 69.0 Å². The lowest BCUT2D eigenvalue weighted by molar-refractivity contribution is 0.0739. The van der Waals surface area contributed by atoms with Gasteiger partial charge in [0.1, 0.15) is 56.6 Å². The molecule has 27 heteroatoms. The third kappa shape index (κ3) is 15.8. The number of benzene rings is 3. The van der Waals surface area contributed by atoms with Gasteiger partial charge in [-0.2, -0.15) is 0 Å². The number of ether oxygens (including phenoxy) is 2. The van der Waals surface area contributed by atoms with Gasteiger partial charge in [-0.15, -0.1) is 0 Å². The van der Waals surface area contributed by atoms with Gasteiger partial charge in [-0.05, 0) is 149 Å². The first-order valence-electron chi connectivity index (χ1n) is 30.1. The van der Waals surface area contributed by atoms with Crippen molar-refractivity contribution in [2.24, 2.45) is 0 Å². The molecule has 9 heterocycles. The predicted molar refractivity (Wildman–Crippen MR) is 359 cm³/mol. The molecule has 0 spiro atoms. The molecular formula is C68H68F2N18O7. The highest BCUT2D eigenvalue weighted by molar-refractivity contribution is 6.01. The summed E-state index contributed by atoms with van der Waals surface area (Å²) in [7, 11) is 3.24. The number of H-pyrrole nitrogens is 3. The largest absolute Gasteiger partial charge is 0.494 e. The van der Waals surface area contributed by atoms with Crippen LogP contribution in [-0.4, -0.2) is 122 Å². The third-order valence-corrected chi connectivity index (χ3v) is 14.5. The maximum Gasteiger partial charge on any atom is 0.321 e. The van der Waals surface area contributed by atoms with Crippen LogP contribution in [0.4, 0.5) is 41.0 Å². The zero-order chi connectivity index (χ0) is 67.3. The molecule has 0 saturated carbocycles. The molecule has 11 N–H and O–H groups in total. The Hall–Kier alpha value is -11.7. The highest BCUT2D eigenvalue weighted by Crippen LogP contribution is 2.39. The van der Waals surface area contributed by atoms with Crippen LogP contribution in [-0.2, 0) is 16.9 Å². The lowest BCUT2D eigenvalue weighted by atomic mass is 9.99. The van der Waals surface area contributed by atoms with Crippen LogP contribution in [0.5, 0.6) is 5.75 Å². The summed E-state index contributed by atoms with van der Waals surface area (Å²) in [5.41, 5.74) is 12.0. The maximum atomic E-state index is 14.6. The van der Waals surface area contributed by atoms with E-state index in [1.54, 1.807) is 84.0 Å². The number of halogens is 2. The van der Waals surface area contributed by atoms with Crippen molar-refractivity contribution in [2.45, 2.75) is 59.9 Å². The molecule has 0 aliphatic rings. The zero-order valence-electron chi connectivity index (χ0n) is 53.0. The molecule has 1 atom stereocenters. The molecule has 25 nitrogen and oxygen atoms in total. The Morgan fingerprint density at radius 1 is 0.526 bits per heavy atom. The number of hydrogen-bond acceptors (Lipinski definition) is 16. The molecule has 0 bridgehead atoms. The Morgan fingerprint density at radius 2 is 0.937 bits per heavy atom. The van der Waals surface area contributed by atoms with Crippen LogP contribution in [0.15, 0.2) is 146 Å². The molecule has 95 heavy (non-hydrogen) atoms. The van der Waals surface area contributed by atoms with Gasteiger partial charge in [0.2, 0.25) is 17.8 Å². The summed E-state index contributed by atoms with van der Waals surface area (Å²) >= 11 is 0. The molecule has 0 saturated heterocycles. The average molecular weight is 1290 g/mol. The lowest BCUT2D eigenvalue weighted by Gasteiger charge is -2.16. The number of imidazole rings is 3. The lowest BCUT2D eigenvalue weighted by Crippen LogP contribution is -2.28. The van der Waals surface area contributed by atoms with Crippen LogP contribution in [0.1, 0.15) is 64.7 Å². The summed E-state index contributed by atoms with van der Waals surface area (Å²) in [6.07, 6.45) is 9.15. The molecule has 0 unspecified atom stereocenters. The molecule has 486 valence electrons. The van der Waals surface area contributed by atoms with Crippen LogP contribution in [0, 0.1) is 11.6 Å². The van der Waals surface area contributed by atoms with Gasteiger partial charge in [0.05, 0.1) is 53.5 Å². The summed E-state index contributed by atoms with van der Waals surface area (Å²) in [6.45, 7) is 12.3. The average Bonchev–Trinajstić information content (AvgIpc) is 1.74. The molecule has 0 radical (unpaired) electrons. The molecular weight excluding hydrogens is 1220 g/mol. The summed E-state index contributed by atoms with van der Waals surface area (Å²) < 4.78 is 39.9. The Balaban J connectivity index is 0.000000155. The minimum atomic E-state index is -1.06. The monoisotopic (exact) mass is 1290 g/mol. The van der Waals surface area contributed by atoms with Gasteiger partial charge in [0.15, 0.2) is 0 Å². The number of carbonyl (C=O) groups is 3. The van der Waals surface area contributed by atoms with E-state index in [1.807, 2.05) is 81.4 Å². The zero-order valence-corrected chi connectivity index (χ0v) is 53.0. The second kappa shape index (κ2) is 29.7. The minimum absolute atomic E-state index is 0.150. The van der Waals surface area contributed by atoms with Gasteiger partial charge < -0.3 is 50.6 Å². The number of hydrogen-bond donors (Lipinski definition) is 11. The molecule has 12 aromatic rings. The number of rotatable bonds is 17. The van der Waals surface area contributed by atoms with Crippen molar-refractivity contribution in [1.29, 1.82) is 0 Å². The SMILES string of the molecule is CCNC(=O)Nc1nc2c(-c3ncccc3F)cc(-c3ccc(C(C)(C)O)nc3)cc2[nH]1.CCNC(=O)Nc1nc2c(-c3ncccc3F)cc(-c3ccc([C@@H](C)O)nc3)cc2[nH]1.CCNC(=O)Nc1nc2c(-c3ncccc3OC)cc(-c3ccc(COC)nc3)cc2[nH]1. The van der Waals surface area contributed by atoms with E-state index in [-0.39, 0.29) is 29.3 Å². The van der Waals surface area contributed by atoms with Crippen LogP contribution < -0.4 is 36.6 Å². The van der Waals surface area contributed by atoms with Crippen molar-refractivity contribution < 1.29 is 42.9 Å². The van der Waals surface area contributed by atoms with Crippen molar-refractivity contribution in [3.05, 3.63) is 175 Å². The number of urea groups is 3. The number of nitrogens with zero attached hydrogens (tertiary/aromatic N) is 9. The van der Waals surface area contributed by atoms with Gasteiger partial charge in [0, 0.05) is 97.3 Å². The van der Waals surface area contributed by atoms with Crippen molar-refractivity contribution in [2.75, 3.05) is 49.8 Å². The second-order valence-corrected chi connectivity index (χ2v) is 21.8. The molecule has 0 aliphatic heterocycles. The van der Waals surface area contributed by atoms with Gasteiger partial charge in [-0.1, -0.05) is 18.2 Å². The van der Waals surface area contributed by atoms with E-state index in [4.69, 9.17) is 9.47 Å². The predicted octanol–water partition coefficient (Wildman–Crippen LogP) is 12.2. The fraction of sp³-hybridized carbons (Fsp3) is 0.206. The van der Waals surface area contributed by atoms with Gasteiger partial charge in [-0.3, -0.25) is 45.9 Å². The third-order valence-electron chi connectivity index (χ3n) is 14.5. The molecule has 3 aromatic carbocycles. The number of methoxy groups -OCH3 is 2. The first-order chi connectivity index (χ1) is 45.8. The standard InChI is InChI=1S/C23H23FN6O2.C23H24N6O3.C22H21FN6O2/c1-4-25-22(31)30-21-28-17-11-14(13-7-8-18(27-12-13)23(2,3)32)10-15(20(17)29-21)19-16(24)6-5-9-26-19;1-4-24-23(30)29-22-27-18-11-15(14-7-8-16(13-31-2)26-12-14)10-17(20(18)28-22)21-19(32-3)6-5-9-25-21;1-3-24-22(31)29-21-27-18-10-14(13-6-7-17(12(2)30)26-11-13)9-15(20(18)28-21)19-16(23)5-4-8-25-19/h5-12,32H,4H2,1-3H3,(H3,25,28,29,30,31);5-12H,4,13H2,1-3H3,(H3,24,27,28,29,30);4-12,30H,3H2,1-2H3,(H3,24,27,28,29,31)/t;;12-/m..1/s1. The highest BCUT2D eigenvalue weighted by Gasteiger charge is 2.23. The first-order valence-corrected chi connectivity index (χ1v) is 30.1. The van der Waals surface area contributed by atoms with Crippen molar-refractivity contribution in [3.63, 3.8) is 0 Å². The Morgan fingerprint density at radius 3 is 1.29 bits per heavy atom. The normalized spacial score (nSPS) is 11.5. The molecule has 9 aromatic heterocycles. The van der Waals surface area contributed by atoms with E-state index in [9.17, 15) is 33.4 Å². The fourth-order valence-corrected chi connectivity index (χ4v) is 10.0. The number of aliphatic hydroxyl groups is 2. The summed E-state index contributed by atoms with van der Waals surface area (Å²) in [5, 5.41) is 35.8. The summed E-state index contributed by atoms with van der Waals surface area (Å²) in [6, 6.07) is 30.5. The quantitative estimate of drug-likeness (QED) is 0.0403. The fourth-order valence-electron chi connectivity index (χ4n) is 10.0. The Labute approximate surface area is 543 Å². The van der Waals surface area contributed by atoms with Crippen LogP contribution >= 0.6 is 0 Å². The number of fused-ring (bicyclic) bond motifs is 3. The maximum absolute atomic E-state index is 14.6. The van der Waals surface area contributed by atoms with Crippen molar-refractivity contribution in [3.8, 4) is 72.9 Å². The number of aromatic nitrogens is 12. The van der Waals surface area contributed by atoms with E-state index in [2.05, 4.69) is 91.7 Å². The number of amides is 6. The van der Waals surface area contributed by atoms with Crippen LogP contribution in [0.3, 0.4) is 0 Å².